The Morgan fingerprint density at radius 1 is 1.24 bits per heavy atom. The van der Waals surface area contributed by atoms with Gasteiger partial charge in [0, 0.05) is 0 Å². The van der Waals surface area contributed by atoms with Crippen molar-refractivity contribution in [2.75, 3.05) is 6.61 Å². The normalized spacial score (nSPS) is 11.4. The van der Waals surface area contributed by atoms with E-state index in [1.165, 1.54) is 5.56 Å². The van der Waals surface area contributed by atoms with E-state index in [1.54, 1.807) is 0 Å². The quantitative estimate of drug-likeness (QED) is 0.791. The molecule has 0 aliphatic carbocycles. The number of carbonyl (C=O) groups is 1. The predicted molar refractivity (Wildman–Crippen MR) is 67.0 cm³/mol. The zero-order valence-electron chi connectivity index (χ0n) is 10.5. The van der Waals surface area contributed by atoms with Gasteiger partial charge in [0.25, 0.3) is 0 Å². The minimum atomic E-state index is -1.02. The van der Waals surface area contributed by atoms with Gasteiger partial charge in [-0.25, -0.2) is 4.79 Å². The zero-order valence-corrected chi connectivity index (χ0v) is 10.5. The van der Waals surface area contributed by atoms with E-state index in [9.17, 15) is 9.90 Å². The lowest BCUT2D eigenvalue weighted by molar-refractivity contribution is -0.167. The van der Waals surface area contributed by atoms with Crippen molar-refractivity contribution in [3.8, 4) is 0 Å². The van der Waals surface area contributed by atoms with Crippen molar-refractivity contribution in [2.45, 2.75) is 38.7 Å². The van der Waals surface area contributed by atoms with E-state index in [2.05, 4.69) is 0 Å². The van der Waals surface area contributed by atoms with E-state index in [4.69, 9.17) is 4.74 Å². The van der Waals surface area contributed by atoms with Crippen molar-refractivity contribution < 1.29 is 14.6 Å². The molecule has 94 valence electrons. The number of aliphatic carboxylic acids is 1. The molecular weight excluding hydrogens is 216 g/mol. The topological polar surface area (TPSA) is 46.5 Å². The monoisotopic (exact) mass is 236 g/mol. The molecule has 0 unspecified atom stereocenters. The Hall–Kier alpha value is -1.35. The average Bonchev–Trinajstić information content (AvgIpc) is 2.36. The minimum absolute atomic E-state index is 0.442. The molecule has 0 atom stereocenters. The maximum atomic E-state index is 11.2. The van der Waals surface area contributed by atoms with Gasteiger partial charge in [0.05, 0.1) is 6.61 Å². The second kappa shape index (κ2) is 6.40. The Balaban J connectivity index is 2.51. The van der Waals surface area contributed by atoms with Crippen LogP contribution in [0, 0.1) is 0 Å². The third-order valence-corrected chi connectivity index (χ3v) is 3.14. The van der Waals surface area contributed by atoms with Crippen molar-refractivity contribution in [3.63, 3.8) is 0 Å². The zero-order chi connectivity index (χ0) is 12.7. The Morgan fingerprint density at radius 2 is 1.82 bits per heavy atom. The summed E-state index contributed by atoms with van der Waals surface area (Å²) in [6.07, 6.45) is 1.73. The number of carboxylic acid groups (broad SMARTS) is 1. The highest BCUT2D eigenvalue weighted by molar-refractivity contribution is 5.77. The molecule has 1 aromatic rings. The fourth-order valence-electron chi connectivity index (χ4n) is 1.83. The standard InChI is InChI=1S/C14H20O3/c1-3-14(4-2,13(15)16)17-11-10-12-8-6-5-7-9-12/h5-9H,3-4,10-11H2,1-2H3,(H,15,16). The maximum Gasteiger partial charge on any atom is 0.335 e. The molecule has 0 fully saturated rings. The third-order valence-electron chi connectivity index (χ3n) is 3.14. The average molecular weight is 236 g/mol. The molecule has 0 aromatic heterocycles. The fraction of sp³-hybridized carbons (Fsp3) is 0.500. The minimum Gasteiger partial charge on any atom is -0.479 e. The van der Waals surface area contributed by atoms with E-state index < -0.39 is 11.6 Å². The summed E-state index contributed by atoms with van der Waals surface area (Å²) in [7, 11) is 0. The summed E-state index contributed by atoms with van der Waals surface area (Å²) in [5.74, 6) is -0.865. The summed E-state index contributed by atoms with van der Waals surface area (Å²) in [5, 5.41) is 9.20. The van der Waals surface area contributed by atoms with Crippen LogP contribution in [0.25, 0.3) is 0 Å². The number of ether oxygens (including phenoxy) is 1. The van der Waals surface area contributed by atoms with Crippen LogP contribution >= 0.6 is 0 Å². The number of hydrogen-bond acceptors (Lipinski definition) is 2. The second-order valence-corrected chi connectivity index (χ2v) is 4.09. The summed E-state index contributed by atoms with van der Waals surface area (Å²) >= 11 is 0. The van der Waals surface area contributed by atoms with Crippen LogP contribution < -0.4 is 0 Å². The van der Waals surface area contributed by atoms with Crippen LogP contribution in [0.15, 0.2) is 30.3 Å². The molecule has 0 heterocycles. The van der Waals surface area contributed by atoms with Crippen molar-refractivity contribution in [1.82, 2.24) is 0 Å². The van der Waals surface area contributed by atoms with Crippen molar-refractivity contribution in [3.05, 3.63) is 35.9 Å². The summed E-state index contributed by atoms with van der Waals surface area (Å²) < 4.78 is 5.59. The maximum absolute atomic E-state index is 11.2. The summed E-state index contributed by atoms with van der Waals surface area (Å²) in [5.41, 5.74) is 0.147. The van der Waals surface area contributed by atoms with Gasteiger partial charge in [-0.3, -0.25) is 0 Å². The molecule has 1 N–H and O–H groups in total. The van der Waals surface area contributed by atoms with Crippen LogP contribution in [-0.2, 0) is 16.0 Å². The van der Waals surface area contributed by atoms with E-state index in [1.807, 2.05) is 44.2 Å². The van der Waals surface area contributed by atoms with Crippen LogP contribution in [0.5, 0.6) is 0 Å². The van der Waals surface area contributed by atoms with Gasteiger partial charge in [0.2, 0.25) is 0 Å². The number of rotatable bonds is 7. The summed E-state index contributed by atoms with van der Waals surface area (Å²) in [6.45, 7) is 4.14. The SMILES string of the molecule is CCC(CC)(OCCc1ccccc1)C(=O)O. The lowest BCUT2D eigenvalue weighted by Gasteiger charge is -2.27. The first kappa shape index (κ1) is 13.7. The predicted octanol–water partition coefficient (Wildman–Crippen LogP) is 2.89. The molecule has 0 aliphatic rings. The van der Waals surface area contributed by atoms with Gasteiger partial charge < -0.3 is 9.84 Å². The van der Waals surface area contributed by atoms with Gasteiger partial charge in [-0.15, -0.1) is 0 Å². The van der Waals surface area contributed by atoms with Crippen molar-refractivity contribution in [2.24, 2.45) is 0 Å². The van der Waals surface area contributed by atoms with Crippen molar-refractivity contribution in [1.29, 1.82) is 0 Å². The molecule has 0 saturated heterocycles. The first-order chi connectivity index (χ1) is 8.14. The molecule has 3 nitrogen and oxygen atoms in total. The lowest BCUT2D eigenvalue weighted by atomic mass is 9.97. The highest BCUT2D eigenvalue weighted by Gasteiger charge is 2.35. The molecule has 0 amide bonds. The van der Waals surface area contributed by atoms with E-state index in [0.717, 1.165) is 6.42 Å². The molecule has 0 bridgehead atoms. The highest BCUT2D eigenvalue weighted by Crippen LogP contribution is 2.21. The fourth-order valence-corrected chi connectivity index (χ4v) is 1.83. The van der Waals surface area contributed by atoms with E-state index in [0.29, 0.717) is 19.4 Å². The summed E-state index contributed by atoms with van der Waals surface area (Å²) in [6, 6.07) is 9.94. The van der Waals surface area contributed by atoms with E-state index >= 15 is 0 Å². The smallest absolute Gasteiger partial charge is 0.335 e. The van der Waals surface area contributed by atoms with Gasteiger partial charge >= 0.3 is 5.97 Å². The first-order valence-electron chi connectivity index (χ1n) is 6.06. The largest absolute Gasteiger partial charge is 0.479 e. The Kier molecular flexibility index (Phi) is 5.16. The van der Waals surface area contributed by atoms with Gasteiger partial charge in [-0.2, -0.15) is 0 Å². The molecule has 0 aliphatic heterocycles. The third kappa shape index (κ3) is 3.56. The second-order valence-electron chi connectivity index (χ2n) is 4.09. The van der Waals surface area contributed by atoms with Gasteiger partial charge in [0.15, 0.2) is 5.60 Å². The molecule has 3 heteroatoms. The van der Waals surface area contributed by atoms with Crippen molar-refractivity contribution >= 4 is 5.97 Å². The van der Waals surface area contributed by atoms with Crippen LogP contribution in [0.2, 0.25) is 0 Å². The molecule has 1 aromatic carbocycles. The molecular formula is C14H20O3. The lowest BCUT2D eigenvalue weighted by Crippen LogP contribution is -2.40. The Bertz CT molecular complexity index is 342. The summed E-state index contributed by atoms with van der Waals surface area (Å²) in [4.78, 5) is 11.2. The van der Waals surface area contributed by atoms with Gasteiger partial charge in [-0.1, -0.05) is 44.2 Å². The highest BCUT2D eigenvalue weighted by atomic mass is 16.5. The van der Waals surface area contributed by atoms with Gasteiger partial charge in [-0.05, 0) is 24.8 Å². The molecule has 0 radical (unpaired) electrons. The van der Waals surface area contributed by atoms with Crippen LogP contribution in [-0.4, -0.2) is 23.3 Å². The number of benzene rings is 1. The molecule has 0 saturated carbocycles. The van der Waals surface area contributed by atoms with Gasteiger partial charge in [0.1, 0.15) is 0 Å². The van der Waals surface area contributed by atoms with Crippen LogP contribution in [0.4, 0.5) is 0 Å². The molecule has 17 heavy (non-hydrogen) atoms. The molecule has 0 spiro atoms. The Labute approximate surface area is 102 Å². The van der Waals surface area contributed by atoms with E-state index in [-0.39, 0.29) is 0 Å². The number of hydrogen-bond donors (Lipinski definition) is 1. The molecule has 1 rings (SSSR count). The van der Waals surface area contributed by atoms with Crippen LogP contribution in [0.3, 0.4) is 0 Å². The Morgan fingerprint density at radius 3 is 2.29 bits per heavy atom. The number of carboxylic acids is 1. The van der Waals surface area contributed by atoms with Crippen LogP contribution in [0.1, 0.15) is 32.3 Å². The first-order valence-corrected chi connectivity index (χ1v) is 6.06.